The van der Waals surface area contributed by atoms with Crippen LogP contribution in [0.25, 0.3) is 0 Å². The van der Waals surface area contributed by atoms with Crippen LogP contribution in [-0.2, 0) is 4.79 Å². The molecule has 2 atom stereocenters. The summed E-state index contributed by atoms with van der Waals surface area (Å²) in [7, 11) is 0. The average molecular weight is 205 g/mol. The fourth-order valence-electron chi connectivity index (χ4n) is 1.57. The predicted octanol–water partition coefficient (Wildman–Crippen LogP) is -0.341. The topological polar surface area (TPSA) is 66.6 Å². The molecule has 0 radical (unpaired) electrons. The highest BCUT2D eigenvalue weighted by atomic mass is 35.5. The SMILES string of the molecule is C=C(Cl)CN1CC(O)CC1C(N)=O. The van der Waals surface area contributed by atoms with E-state index in [0.717, 1.165) is 0 Å². The van der Waals surface area contributed by atoms with Gasteiger partial charge in [-0.05, 0) is 6.42 Å². The maximum Gasteiger partial charge on any atom is 0.234 e. The Bertz CT molecular complexity index is 232. The molecule has 0 aromatic heterocycles. The number of nitrogens with two attached hydrogens (primary N) is 1. The van der Waals surface area contributed by atoms with Gasteiger partial charge in [-0.2, -0.15) is 0 Å². The number of halogens is 1. The summed E-state index contributed by atoms with van der Waals surface area (Å²) in [5, 5.41) is 9.75. The van der Waals surface area contributed by atoms with Crippen molar-refractivity contribution in [3.8, 4) is 0 Å². The summed E-state index contributed by atoms with van der Waals surface area (Å²) in [6.07, 6.45) is -0.104. The Hall–Kier alpha value is -0.580. The molecule has 13 heavy (non-hydrogen) atoms. The van der Waals surface area contributed by atoms with Crippen molar-refractivity contribution in [2.75, 3.05) is 13.1 Å². The minimum atomic E-state index is -0.492. The highest BCUT2D eigenvalue weighted by Gasteiger charge is 2.34. The monoisotopic (exact) mass is 204 g/mol. The number of primary amides is 1. The number of hydrogen-bond donors (Lipinski definition) is 2. The van der Waals surface area contributed by atoms with E-state index in [4.69, 9.17) is 17.3 Å². The first-order valence-corrected chi connectivity index (χ1v) is 4.43. The summed E-state index contributed by atoms with van der Waals surface area (Å²) in [6, 6.07) is -0.412. The van der Waals surface area contributed by atoms with Crippen LogP contribution < -0.4 is 5.73 Å². The second kappa shape index (κ2) is 4.09. The molecule has 0 aliphatic carbocycles. The van der Waals surface area contributed by atoms with E-state index in [0.29, 0.717) is 24.5 Å². The molecule has 1 rings (SSSR count). The van der Waals surface area contributed by atoms with Crippen molar-refractivity contribution in [2.24, 2.45) is 5.73 Å². The zero-order valence-corrected chi connectivity index (χ0v) is 8.00. The van der Waals surface area contributed by atoms with Gasteiger partial charge in [0.05, 0.1) is 12.1 Å². The quantitative estimate of drug-likeness (QED) is 0.661. The summed E-state index contributed by atoms with van der Waals surface area (Å²) in [5.41, 5.74) is 5.16. The molecular weight excluding hydrogens is 192 g/mol. The first kappa shape index (κ1) is 10.5. The highest BCUT2D eigenvalue weighted by molar-refractivity contribution is 6.29. The van der Waals surface area contributed by atoms with E-state index in [9.17, 15) is 9.90 Å². The molecule has 1 fully saturated rings. The standard InChI is InChI=1S/C8H13ClN2O2/c1-5(9)3-11-4-6(12)2-7(11)8(10)13/h6-7,12H,1-4H2,(H2,10,13). The van der Waals surface area contributed by atoms with Crippen LogP contribution >= 0.6 is 11.6 Å². The zero-order valence-electron chi connectivity index (χ0n) is 7.24. The van der Waals surface area contributed by atoms with E-state index in [1.165, 1.54) is 0 Å². The molecule has 2 unspecified atom stereocenters. The maximum atomic E-state index is 10.9. The fraction of sp³-hybridized carbons (Fsp3) is 0.625. The Morgan fingerprint density at radius 1 is 1.77 bits per heavy atom. The van der Waals surface area contributed by atoms with Gasteiger partial charge in [-0.15, -0.1) is 0 Å². The first-order chi connectivity index (χ1) is 6.00. The lowest BCUT2D eigenvalue weighted by atomic mass is 10.2. The van der Waals surface area contributed by atoms with Crippen molar-refractivity contribution >= 4 is 17.5 Å². The molecule has 1 aliphatic heterocycles. The van der Waals surface area contributed by atoms with Gasteiger partial charge in [0.1, 0.15) is 0 Å². The van der Waals surface area contributed by atoms with E-state index in [-0.39, 0.29) is 0 Å². The maximum absolute atomic E-state index is 10.9. The smallest absolute Gasteiger partial charge is 0.234 e. The Labute approximate surface area is 82.0 Å². The molecule has 5 heteroatoms. The van der Waals surface area contributed by atoms with E-state index >= 15 is 0 Å². The summed E-state index contributed by atoms with van der Waals surface area (Å²) < 4.78 is 0. The van der Waals surface area contributed by atoms with Gasteiger partial charge in [0.15, 0.2) is 0 Å². The first-order valence-electron chi connectivity index (χ1n) is 4.05. The Morgan fingerprint density at radius 3 is 2.85 bits per heavy atom. The lowest BCUT2D eigenvalue weighted by molar-refractivity contribution is -0.122. The second-order valence-corrected chi connectivity index (χ2v) is 3.79. The molecule has 0 aromatic rings. The molecular formula is C8H13ClN2O2. The molecule has 0 aromatic carbocycles. The zero-order chi connectivity index (χ0) is 10.0. The largest absolute Gasteiger partial charge is 0.392 e. The van der Waals surface area contributed by atoms with Crippen LogP contribution in [0.5, 0.6) is 0 Å². The van der Waals surface area contributed by atoms with Gasteiger partial charge in [-0.3, -0.25) is 9.69 Å². The minimum absolute atomic E-state index is 0.388. The number of β-amino-alcohol motifs (C(OH)–C–C–N with tert-alkyl or cyclic N) is 1. The van der Waals surface area contributed by atoms with Crippen LogP contribution in [0.3, 0.4) is 0 Å². The van der Waals surface area contributed by atoms with Crippen LogP contribution in [0.15, 0.2) is 11.6 Å². The van der Waals surface area contributed by atoms with Gasteiger partial charge < -0.3 is 10.8 Å². The molecule has 1 heterocycles. The van der Waals surface area contributed by atoms with Gasteiger partial charge >= 0.3 is 0 Å². The van der Waals surface area contributed by atoms with Crippen molar-refractivity contribution in [1.29, 1.82) is 0 Å². The number of likely N-dealkylation sites (tertiary alicyclic amines) is 1. The van der Waals surface area contributed by atoms with Crippen LogP contribution in [0.1, 0.15) is 6.42 Å². The number of aliphatic hydroxyl groups excluding tert-OH is 1. The van der Waals surface area contributed by atoms with Crippen LogP contribution in [0, 0.1) is 0 Å². The lowest BCUT2D eigenvalue weighted by Gasteiger charge is -2.20. The number of nitrogens with zero attached hydrogens (tertiary/aromatic N) is 1. The molecule has 1 saturated heterocycles. The predicted molar refractivity (Wildman–Crippen MR) is 50.2 cm³/mol. The molecule has 0 spiro atoms. The van der Waals surface area contributed by atoms with E-state index in [1.807, 2.05) is 0 Å². The summed E-state index contributed by atoms with van der Waals surface area (Å²) in [5.74, 6) is -0.422. The van der Waals surface area contributed by atoms with Crippen molar-refractivity contribution in [1.82, 2.24) is 4.90 Å². The van der Waals surface area contributed by atoms with Crippen LogP contribution in [-0.4, -0.2) is 41.1 Å². The summed E-state index contributed by atoms with van der Waals surface area (Å²) >= 11 is 5.61. The normalized spacial score (nSPS) is 29.1. The molecule has 1 aliphatic rings. The van der Waals surface area contributed by atoms with E-state index in [2.05, 4.69) is 6.58 Å². The van der Waals surface area contributed by atoms with E-state index in [1.54, 1.807) is 4.90 Å². The summed E-state index contributed by atoms with van der Waals surface area (Å²) in [6.45, 7) is 4.35. The molecule has 74 valence electrons. The minimum Gasteiger partial charge on any atom is -0.392 e. The van der Waals surface area contributed by atoms with Gasteiger partial charge in [-0.1, -0.05) is 18.2 Å². The average Bonchev–Trinajstić information content (AvgIpc) is 2.29. The molecule has 0 saturated carbocycles. The highest BCUT2D eigenvalue weighted by Crippen LogP contribution is 2.19. The van der Waals surface area contributed by atoms with Crippen LogP contribution in [0.2, 0.25) is 0 Å². The number of carbonyl (C=O) groups excluding carboxylic acids is 1. The lowest BCUT2D eigenvalue weighted by Crippen LogP contribution is -2.40. The van der Waals surface area contributed by atoms with Crippen molar-refractivity contribution in [3.05, 3.63) is 11.6 Å². The second-order valence-electron chi connectivity index (χ2n) is 3.25. The van der Waals surface area contributed by atoms with Gasteiger partial charge in [0.2, 0.25) is 5.91 Å². The van der Waals surface area contributed by atoms with Crippen molar-refractivity contribution in [3.63, 3.8) is 0 Å². The number of carbonyl (C=O) groups is 1. The number of amides is 1. The van der Waals surface area contributed by atoms with Crippen molar-refractivity contribution < 1.29 is 9.90 Å². The fourth-order valence-corrected chi connectivity index (χ4v) is 1.72. The molecule has 3 N–H and O–H groups in total. The Balaban J connectivity index is 2.60. The van der Waals surface area contributed by atoms with Gasteiger partial charge in [-0.25, -0.2) is 0 Å². The third-order valence-corrected chi connectivity index (χ3v) is 2.20. The third-order valence-electron chi connectivity index (χ3n) is 2.08. The van der Waals surface area contributed by atoms with Gasteiger partial charge in [0, 0.05) is 18.1 Å². The third kappa shape index (κ3) is 2.69. The molecule has 4 nitrogen and oxygen atoms in total. The Morgan fingerprint density at radius 2 is 2.38 bits per heavy atom. The van der Waals surface area contributed by atoms with E-state index < -0.39 is 18.1 Å². The number of rotatable bonds is 3. The van der Waals surface area contributed by atoms with Crippen molar-refractivity contribution in [2.45, 2.75) is 18.6 Å². The Kier molecular flexibility index (Phi) is 3.30. The number of hydrogen-bond acceptors (Lipinski definition) is 3. The van der Waals surface area contributed by atoms with Gasteiger partial charge in [0.25, 0.3) is 0 Å². The number of aliphatic hydroxyl groups is 1. The summed E-state index contributed by atoms with van der Waals surface area (Å²) in [4.78, 5) is 12.7. The molecule has 0 bridgehead atoms. The molecule has 1 amide bonds. The van der Waals surface area contributed by atoms with Crippen LogP contribution in [0.4, 0.5) is 0 Å².